The zero-order chi connectivity index (χ0) is 21.3. The predicted octanol–water partition coefficient (Wildman–Crippen LogP) is 3.18. The van der Waals surface area contributed by atoms with E-state index < -0.39 is 12.1 Å². The molecule has 0 aliphatic heterocycles. The number of nitrogens with one attached hydrogen (secondary N) is 2. The minimum Gasteiger partial charge on any atom is -0.448 e. The highest BCUT2D eigenvalue weighted by molar-refractivity contribution is 5.98. The normalized spacial score (nSPS) is 30.5. The van der Waals surface area contributed by atoms with E-state index in [0.29, 0.717) is 0 Å². The molecule has 1 aromatic rings. The van der Waals surface area contributed by atoms with Gasteiger partial charge in [0.25, 0.3) is 5.91 Å². The van der Waals surface area contributed by atoms with Crippen molar-refractivity contribution in [1.29, 1.82) is 0 Å². The van der Waals surface area contributed by atoms with Crippen molar-refractivity contribution >= 4 is 23.9 Å². The van der Waals surface area contributed by atoms with Crippen molar-refractivity contribution in [3.8, 4) is 0 Å². The van der Waals surface area contributed by atoms with E-state index in [9.17, 15) is 14.4 Å². The van der Waals surface area contributed by atoms with Gasteiger partial charge in [0.15, 0.2) is 6.10 Å². The number of carbonyl (C=O) groups excluding carboxylic acids is 3. The molecule has 160 valence electrons. The Morgan fingerprint density at radius 3 is 2.13 bits per heavy atom. The van der Waals surface area contributed by atoms with Crippen LogP contribution in [-0.2, 0) is 19.1 Å². The van der Waals surface area contributed by atoms with E-state index >= 15 is 0 Å². The van der Waals surface area contributed by atoms with Crippen LogP contribution >= 0.6 is 0 Å². The lowest BCUT2D eigenvalue weighted by Gasteiger charge is -2.57. The molecule has 6 nitrogen and oxygen atoms in total. The van der Waals surface area contributed by atoms with E-state index in [2.05, 4.69) is 10.6 Å². The monoisotopic (exact) mass is 410 g/mol. The quantitative estimate of drug-likeness (QED) is 0.557. The van der Waals surface area contributed by atoms with Gasteiger partial charge in [-0.2, -0.15) is 0 Å². The van der Waals surface area contributed by atoms with Crippen LogP contribution in [0.4, 0.5) is 0 Å². The smallest absolute Gasteiger partial charge is 0.355 e. The fourth-order valence-corrected chi connectivity index (χ4v) is 5.96. The molecule has 6 heteroatoms. The van der Waals surface area contributed by atoms with Gasteiger partial charge in [-0.1, -0.05) is 30.3 Å². The molecule has 4 saturated carbocycles. The molecule has 0 radical (unpaired) electrons. The van der Waals surface area contributed by atoms with Crippen molar-refractivity contribution in [3.05, 3.63) is 41.6 Å². The van der Waals surface area contributed by atoms with Crippen LogP contribution in [0.3, 0.4) is 0 Å². The summed E-state index contributed by atoms with van der Waals surface area (Å²) in [4.78, 5) is 37.1. The van der Waals surface area contributed by atoms with Gasteiger partial charge in [-0.25, -0.2) is 4.79 Å². The van der Waals surface area contributed by atoms with E-state index in [1.54, 1.807) is 13.0 Å². The highest BCUT2D eigenvalue weighted by Crippen LogP contribution is 2.55. The number of benzene rings is 1. The lowest BCUT2D eigenvalue weighted by molar-refractivity contribution is -0.153. The summed E-state index contributed by atoms with van der Waals surface area (Å²) < 4.78 is 5.43. The number of esters is 1. The standard InChI is InChI=1S/C24H30N2O4/c1-15(22(28)26-24-12-18-8-19(13-24)10-20(9-18)14-24)30-23(29)21(25-16(2)27)11-17-6-4-3-5-7-17/h3-7,11,15,18-20H,8-10,12-14H2,1-2H3,(H,25,27)(H,26,28)/b21-11-/t15-,18?,19?,20?,24?/m1/s1. The number of amides is 2. The zero-order valence-corrected chi connectivity index (χ0v) is 17.6. The average molecular weight is 411 g/mol. The van der Waals surface area contributed by atoms with Crippen LogP contribution in [-0.4, -0.2) is 29.4 Å². The lowest BCUT2D eigenvalue weighted by atomic mass is 9.53. The summed E-state index contributed by atoms with van der Waals surface area (Å²) in [5.74, 6) is 0.799. The van der Waals surface area contributed by atoms with Gasteiger partial charge in [-0.3, -0.25) is 9.59 Å². The fraction of sp³-hybridized carbons (Fsp3) is 0.542. The first-order valence-corrected chi connectivity index (χ1v) is 10.9. The van der Waals surface area contributed by atoms with Gasteiger partial charge in [0, 0.05) is 12.5 Å². The predicted molar refractivity (Wildman–Crippen MR) is 113 cm³/mol. The Labute approximate surface area is 177 Å². The zero-order valence-electron chi connectivity index (χ0n) is 17.6. The van der Waals surface area contributed by atoms with Gasteiger partial charge in [-0.05, 0) is 74.8 Å². The fourth-order valence-electron chi connectivity index (χ4n) is 5.96. The van der Waals surface area contributed by atoms with Gasteiger partial charge in [-0.15, -0.1) is 0 Å². The van der Waals surface area contributed by atoms with E-state index in [0.717, 1.165) is 42.6 Å². The molecule has 0 spiro atoms. The average Bonchev–Trinajstić information content (AvgIpc) is 2.66. The van der Waals surface area contributed by atoms with Crippen LogP contribution in [0, 0.1) is 17.8 Å². The van der Waals surface area contributed by atoms with Gasteiger partial charge < -0.3 is 15.4 Å². The maximum atomic E-state index is 12.9. The van der Waals surface area contributed by atoms with E-state index in [1.165, 1.54) is 26.2 Å². The molecule has 1 atom stereocenters. The van der Waals surface area contributed by atoms with Crippen molar-refractivity contribution in [2.45, 2.75) is 64.0 Å². The second-order valence-electron chi connectivity index (χ2n) is 9.38. The topological polar surface area (TPSA) is 84.5 Å². The van der Waals surface area contributed by atoms with Crippen molar-refractivity contribution < 1.29 is 19.1 Å². The number of hydrogen-bond donors (Lipinski definition) is 2. The summed E-state index contributed by atoms with van der Waals surface area (Å²) in [7, 11) is 0. The van der Waals surface area contributed by atoms with E-state index in [1.807, 2.05) is 30.3 Å². The van der Waals surface area contributed by atoms with Gasteiger partial charge >= 0.3 is 5.97 Å². The van der Waals surface area contributed by atoms with Crippen LogP contribution < -0.4 is 10.6 Å². The van der Waals surface area contributed by atoms with Gasteiger partial charge in [0.05, 0.1) is 0 Å². The maximum Gasteiger partial charge on any atom is 0.355 e. The second kappa shape index (κ2) is 8.25. The molecule has 1 aromatic carbocycles. The van der Waals surface area contributed by atoms with E-state index in [-0.39, 0.29) is 23.1 Å². The van der Waals surface area contributed by atoms with Crippen LogP contribution in [0.25, 0.3) is 6.08 Å². The third-order valence-corrected chi connectivity index (χ3v) is 6.72. The van der Waals surface area contributed by atoms with E-state index in [4.69, 9.17) is 4.74 Å². The third kappa shape index (κ3) is 4.58. The molecular formula is C24H30N2O4. The summed E-state index contributed by atoms with van der Waals surface area (Å²) in [6, 6.07) is 9.18. The molecule has 0 unspecified atom stereocenters. The number of ether oxygens (including phenoxy) is 1. The number of rotatable bonds is 6. The Morgan fingerprint density at radius 1 is 1.03 bits per heavy atom. The summed E-state index contributed by atoms with van der Waals surface area (Å²) in [6.07, 6.45) is 7.62. The van der Waals surface area contributed by atoms with Crippen molar-refractivity contribution in [3.63, 3.8) is 0 Å². The molecule has 0 heterocycles. The maximum absolute atomic E-state index is 12.9. The minimum absolute atomic E-state index is 0.0168. The first-order valence-electron chi connectivity index (χ1n) is 10.9. The molecule has 0 saturated heterocycles. The molecule has 0 aromatic heterocycles. The van der Waals surface area contributed by atoms with Crippen molar-refractivity contribution in [2.24, 2.45) is 17.8 Å². The molecule has 2 N–H and O–H groups in total. The molecule has 4 bridgehead atoms. The molecule has 5 rings (SSSR count). The molecule has 30 heavy (non-hydrogen) atoms. The van der Waals surface area contributed by atoms with Gasteiger partial charge in [0.1, 0.15) is 5.70 Å². The Bertz CT molecular complexity index is 826. The lowest BCUT2D eigenvalue weighted by Crippen LogP contribution is -2.61. The van der Waals surface area contributed by atoms with Crippen LogP contribution in [0.2, 0.25) is 0 Å². The largest absolute Gasteiger partial charge is 0.448 e. The summed E-state index contributed by atoms with van der Waals surface area (Å²) in [5, 5.41) is 5.75. The van der Waals surface area contributed by atoms with Gasteiger partial charge in [0.2, 0.25) is 5.91 Å². The highest BCUT2D eigenvalue weighted by atomic mass is 16.5. The molecule has 4 aliphatic carbocycles. The summed E-state index contributed by atoms with van der Waals surface area (Å²) >= 11 is 0. The number of carbonyl (C=O) groups is 3. The van der Waals surface area contributed by atoms with Crippen LogP contribution in [0.1, 0.15) is 57.9 Å². The van der Waals surface area contributed by atoms with Crippen LogP contribution in [0.15, 0.2) is 36.0 Å². The molecule has 2 amide bonds. The SMILES string of the molecule is CC(=O)N/C(=C\c1ccccc1)C(=O)O[C@H](C)C(=O)NC12CC3CC(CC(C3)C1)C2. The molecular weight excluding hydrogens is 380 g/mol. The first kappa shape index (κ1) is 20.6. The minimum atomic E-state index is -0.932. The third-order valence-electron chi connectivity index (χ3n) is 6.72. The molecule has 4 fully saturated rings. The Balaban J connectivity index is 1.41. The van der Waals surface area contributed by atoms with Crippen molar-refractivity contribution in [2.75, 3.05) is 0 Å². The van der Waals surface area contributed by atoms with Crippen LogP contribution in [0.5, 0.6) is 0 Å². The summed E-state index contributed by atoms with van der Waals surface area (Å²) in [5.41, 5.74) is 0.638. The second-order valence-corrected chi connectivity index (χ2v) is 9.38. The Hall–Kier alpha value is -2.63. The molecule has 4 aliphatic rings. The Kier molecular flexibility index (Phi) is 5.67. The van der Waals surface area contributed by atoms with Crippen molar-refractivity contribution in [1.82, 2.24) is 10.6 Å². The highest BCUT2D eigenvalue weighted by Gasteiger charge is 2.51. The number of hydrogen-bond acceptors (Lipinski definition) is 4. The Morgan fingerprint density at radius 2 is 1.60 bits per heavy atom. The summed E-state index contributed by atoms with van der Waals surface area (Å²) in [6.45, 7) is 2.91. The first-order chi connectivity index (χ1) is 14.3.